The van der Waals surface area contributed by atoms with Crippen LogP contribution in [0, 0.1) is 19.3 Å². The Morgan fingerprint density at radius 3 is 2.56 bits per heavy atom. The van der Waals surface area contributed by atoms with Crippen LogP contribution in [0.25, 0.3) is 10.9 Å². The molecule has 0 aliphatic rings. The molecule has 1 unspecified atom stereocenters. The number of aromatic nitrogens is 1. The standard InChI is InChI=1S/C23H26N2O2/c1-16-9-10-21-19(11-16)20(12-17(2)25-21)22(27)24-14-23(3,15-26)13-18-7-5-4-6-8-18/h4-12,26H,13-15H2,1-3H3,(H,24,27). The van der Waals surface area contributed by atoms with Crippen LogP contribution >= 0.6 is 0 Å². The summed E-state index contributed by atoms with van der Waals surface area (Å²) in [6.07, 6.45) is 0.694. The van der Waals surface area contributed by atoms with Gasteiger partial charge in [0.2, 0.25) is 0 Å². The first kappa shape index (κ1) is 19.1. The van der Waals surface area contributed by atoms with E-state index in [9.17, 15) is 9.90 Å². The van der Waals surface area contributed by atoms with Gasteiger partial charge in [0.25, 0.3) is 5.91 Å². The molecule has 3 aromatic rings. The van der Waals surface area contributed by atoms with Crippen molar-refractivity contribution in [1.29, 1.82) is 0 Å². The number of nitrogens with zero attached hydrogens (tertiary/aromatic N) is 1. The monoisotopic (exact) mass is 362 g/mol. The SMILES string of the molecule is Cc1ccc2nc(C)cc(C(=O)NCC(C)(CO)Cc3ccccc3)c2c1. The van der Waals surface area contributed by atoms with Crippen LogP contribution in [0.1, 0.15) is 34.1 Å². The molecule has 0 fully saturated rings. The van der Waals surface area contributed by atoms with Gasteiger partial charge in [-0.15, -0.1) is 0 Å². The van der Waals surface area contributed by atoms with E-state index in [0.717, 1.165) is 27.7 Å². The van der Waals surface area contributed by atoms with Gasteiger partial charge in [0, 0.05) is 23.0 Å². The van der Waals surface area contributed by atoms with Gasteiger partial charge in [-0.05, 0) is 44.0 Å². The molecule has 140 valence electrons. The number of hydrogen-bond acceptors (Lipinski definition) is 3. The van der Waals surface area contributed by atoms with Gasteiger partial charge in [-0.1, -0.05) is 48.9 Å². The average molecular weight is 362 g/mol. The van der Waals surface area contributed by atoms with Crippen molar-refractivity contribution in [2.24, 2.45) is 5.41 Å². The van der Waals surface area contributed by atoms with Crippen LogP contribution in [0.15, 0.2) is 54.6 Å². The second-order valence-corrected chi connectivity index (χ2v) is 7.65. The smallest absolute Gasteiger partial charge is 0.252 e. The number of aryl methyl sites for hydroxylation is 2. The van der Waals surface area contributed by atoms with E-state index in [0.29, 0.717) is 18.5 Å². The molecule has 4 heteroatoms. The number of hydrogen-bond donors (Lipinski definition) is 2. The van der Waals surface area contributed by atoms with Gasteiger partial charge in [-0.3, -0.25) is 9.78 Å². The lowest BCUT2D eigenvalue weighted by atomic mass is 9.84. The first-order chi connectivity index (χ1) is 12.9. The Bertz CT molecular complexity index is 953. The number of aliphatic hydroxyl groups is 1. The Morgan fingerprint density at radius 1 is 1.11 bits per heavy atom. The molecule has 27 heavy (non-hydrogen) atoms. The van der Waals surface area contributed by atoms with Gasteiger partial charge in [-0.2, -0.15) is 0 Å². The minimum absolute atomic E-state index is 0.00258. The summed E-state index contributed by atoms with van der Waals surface area (Å²) in [5, 5.41) is 13.8. The van der Waals surface area contributed by atoms with E-state index in [1.165, 1.54) is 0 Å². The van der Waals surface area contributed by atoms with E-state index in [4.69, 9.17) is 0 Å². The van der Waals surface area contributed by atoms with Crippen LogP contribution < -0.4 is 5.32 Å². The third-order valence-corrected chi connectivity index (χ3v) is 4.87. The number of benzene rings is 2. The molecule has 1 atom stereocenters. The third kappa shape index (κ3) is 4.52. The van der Waals surface area contributed by atoms with Gasteiger partial charge in [0.05, 0.1) is 17.7 Å². The molecule has 2 aromatic carbocycles. The molecule has 0 bridgehead atoms. The number of carbonyl (C=O) groups excluding carboxylic acids is 1. The summed E-state index contributed by atoms with van der Waals surface area (Å²) in [6.45, 7) is 6.27. The minimum atomic E-state index is -0.426. The summed E-state index contributed by atoms with van der Waals surface area (Å²) in [4.78, 5) is 17.4. The number of fused-ring (bicyclic) bond motifs is 1. The normalized spacial score (nSPS) is 13.3. The third-order valence-electron chi connectivity index (χ3n) is 4.87. The molecule has 1 heterocycles. The van der Waals surface area contributed by atoms with Crippen LogP contribution in [0.4, 0.5) is 0 Å². The Balaban J connectivity index is 1.80. The first-order valence-electron chi connectivity index (χ1n) is 9.21. The summed E-state index contributed by atoms with van der Waals surface area (Å²) in [5.41, 5.74) is 4.06. The molecular formula is C23H26N2O2. The van der Waals surface area contributed by atoms with Crippen molar-refractivity contribution >= 4 is 16.8 Å². The first-order valence-corrected chi connectivity index (χ1v) is 9.21. The molecule has 4 nitrogen and oxygen atoms in total. The molecule has 1 aromatic heterocycles. The second kappa shape index (κ2) is 7.89. The molecule has 1 amide bonds. The fraction of sp³-hybridized carbons (Fsp3) is 0.304. The Labute approximate surface area is 160 Å². The number of aliphatic hydroxyl groups excluding tert-OH is 1. The molecule has 0 radical (unpaired) electrons. The van der Waals surface area contributed by atoms with Crippen molar-refractivity contribution in [3.8, 4) is 0 Å². The molecule has 2 N–H and O–H groups in total. The average Bonchev–Trinajstić information content (AvgIpc) is 2.66. The number of rotatable bonds is 6. The zero-order chi connectivity index (χ0) is 19.4. The summed E-state index contributed by atoms with van der Waals surface area (Å²) >= 11 is 0. The molecule has 0 spiro atoms. The number of amides is 1. The highest BCUT2D eigenvalue weighted by Crippen LogP contribution is 2.23. The number of nitrogens with one attached hydrogen (secondary N) is 1. The Kier molecular flexibility index (Phi) is 5.57. The maximum Gasteiger partial charge on any atom is 0.252 e. The lowest BCUT2D eigenvalue weighted by Crippen LogP contribution is -2.39. The van der Waals surface area contributed by atoms with E-state index in [-0.39, 0.29) is 12.5 Å². The van der Waals surface area contributed by atoms with Crippen LogP contribution in [0.3, 0.4) is 0 Å². The lowest BCUT2D eigenvalue weighted by molar-refractivity contribution is 0.0896. The molecule has 3 rings (SSSR count). The summed E-state index contributed by atoms with van der Waals surface area (Å²) in [5.74, 6) is -0.135. The van der Waals surface area contributed by atoms with Crippen LogP contribution in [0.2, 0.25) is 0 Å². The molecule has 0 aliphatic heterocycles. The van der Waals surface area contributed by atoms with Crippen LogP contribution in [0.5, 0.6) is 0 Å². The maximum atomic E-state index is 12.9. The predicted molar refractivity (Wildman–Crippen MR) is 109 cm³/mol. The van der Waals surface area contributed by atoms with E-state index < -0.39 is 5.41 Å². The van der Waals surface area contributed by atoms with Crippen LogP contribution in [-0.4, -0.2) is 29.1 Å². The Morgan fingerprint density at radius 2 is 1.85 bits per heavy atom. The van der Waals surface area contributed by atoms with E-state index in [1.54, 1.807) is 0 Å². The largest absolute Gasteiger partial charge is 0.396 e. The van der Waals surface area contributed by atoms with Crippen molar-refractivity contribution in [2.75, 3.05) is 13.2 Å². The van der Waals surface area contributed by atoms with Crippen molar-refractivity contribution in [3.63, 3.8) is 0 Å². The van der Waals surface area contributed by atoms with Crippen molar-refractivity contribution in [1.82, 2.24) is 10.3 Å². The predicted octanol–water partition coefficient (Wildman–Crippen LogP) is 3.82. The highest BCUT2D eigenvalue weighted by atomic mass is 16.3. The molecule has 0 saturated carbocycles. The quantitative estimate of drug-likeness (QED) is 0.701. The highest BCUT2D eigenvalue weighted by molar-refractivity contribution is 6.06. The highest BCUT2D eigenvalue weighted by Gasteiger charge is 2.25. The summed E-state index contributed by atoms with van der Waals surface area (Å²) in [6, 6.07) is 17.8. The molecule has 0 aliphatic carbocycles. The fourth-order valence-electron chi connectivity index (χ4n) is 3.31. The fourth-order valence-corrected chi connectivity index (χ4v) is 3.31. The van der Waals surface area contributed by atoms with Crippen LogP contribution in [-0.2, 0) is 6.42 Å². The maximum absolute atomic E-state index is 12.9. The van der Waals surface area contributed by atoms with Gasteiger partial charge in [0.15, 0.2) is 0 Å². The number of pyridine rings is 1. The zero-order valence-electron chi connectivity index (χ0n) is 16.1. The van der Waals surface area contributed by atoms with E-state index in [1.807, 2.05) is 75.4 Å². The number of carbonyl (C=O) groups is 1. The van der Waals surface area contributed by atoms with E-state index >= 15 is 0 Å². The van der Waals surface area contributed by atoms with Gasteiger partial charge in [0.1, 0.15) is 0 Å². The van der Waals surface area contributed by atoms with Gasteiger partial charge < -0.3 is 10.4 Å². The lowest BCUT2D eigenvalue weighted by Gasteiger charge is -2.28. The second-order valence-electron chi connectivity index (χ2n) is 7.65. The van der Waals surface area contributed by atoms with Gasteiger partial charge in [-0.25, -0.2) is 0 Å². The van der Waals surface area contributed by atoms with Gasteiger partial charge >= 0.3 is 0 Å². The zero-order valence-corrected chi connectivity index (χ0v) is 16.1. The minimum Gasteiger partial charge on any atom is -0.396 e. The topological polar surface area (TPSA) is 62.2 Å². The Hall–Kier alpha value is -2.72. The van der Waals surface area contributed by atoms with Crippen molar-refractivity contribution < 1.29 is 9.90 Å². The van der Waals surface area contributed by atoms with Crippen molar-refractivity contribution in [3.05, 3.63) is 77.0 Å². The van der Waals surface area contributed by atoms with Crippen molar-refractivity contribution in [2.45, 2.75) is 27.2 Å². The summed E-state index contributed by atoms with van der Waals surface area (Å²) < 4.78 is 0. The van der Waals surface area contributed by atoms with E-state index in [2.05, 4.69) is 10.3 Å². The summed E-state index contributed by atoms with van der Waals surface area (Å²) in [7, 11) is 0. The molecular weight excluding hydrogens is 336 g/mol. The molecule has 0 saturated heterocycles.